The largest absolute Gasteiger partial charge is 0.465 e. The fourth-order valence-electron chi connectivity index (χ4n) is 2.26. The van der Waals surface area contributed by atoms with E-state index in [1.165, 1.54) is 4.90 Å². The molecule has 0 aliphatic carbocycles. The van der Waals surface area contributed by atoms with Crippen molar-refractivity contribution in [3.05, 3.63) is 28.9 Å². The number of para-hydroxylation sites is 1. The Morgan fingerprint density at radius 3 is 2.70 bits per heavy atom. The molecule has 0 radical (unpaired) electrons. The molecule has 20 heavy (non-hydrogen) atoms. The summed E-state index contributed by atoms with van der Waals surface area (Å²) in [5.41, 5.74) is 0.873. The SMILES string of the molecule is O=C(O)N1CCN(c2ncc3cccc(Br)c3n2)CC1. The van der Waals surface area contributed by atoms with E-state index >= 15 is 0 Å². The molecular formula is C13H13BrN4O2. The second kappa shape index (κ2) is 5.24. The third-order valence-corrected chi connectivity index (χ3v) is 4.02. The van der Waals surface area contributed by atoms with Gasteiger partial charge in [0.05, 0.1) is 5.52 Å². The molecule has 104 valence electrons. The van der Waals surface area contributed by atoms with Crippen molar-refractivity contribution in [2.75, 3.05) is 31.1 Å². The van der Waals surface area contributed by atoms with Gasteiger partial charge in [-0.1, -0.05) is 12.1 Å². The van der Waals surface area contributed by atoms with E-state index in [0.717, 1.165) is 15.4 Å². The number of rotatable bonds is 1. The van der Waals surface area contributed by atoms with Crippen molar-refractivity contribution in [3.8, 4) is 0 Å². The van der Waals surface area contributed by atoms with Gasteiger partial charge in [0.1, 0.15) is 0 Å². The van der Waals surface area contributed by atoms with E-state index in [4.69, 9.17) is 5.11 Å². The van der Waals surface area contributed by atoms with E-state index in [-0.39, 0.29) is 0 Å². The maximum Gasteiger partial charge on any atom is 0.407 e. The summed E-state index contributed by atoms with van der Waals surface area (Å²) in [6.45, 7) is 2.18. The topological polar surface area (TPSA) is 69.6 Å². The van der Waals surface area contributed by atoms with Gasteiger partial charge < -0.3 is 14.9 Å². The number of amides is 1. The van der Waals surface area contributed by atoms with Gasteiger partial charge in [-0.25, -0.2) is 14.8 Å². The fraction of sp³-hybridized carbons (Fsp3) is 0.308. The van der Waals surface area contributed by atoms with Crippen molar-refractivity contribution in [3.63, 3.8) is 0 Å². The van der Waals surface area contributed by atoms with Crippen molar-refractivity contribution >= 4 is 38.9 Å². The van der Waals surface area contributed by atoms with Gasteiger partial charge in [0.2, 0.25) is 5.95 Å². The Balaban J connectivity index is 1.85. The second-order valence-electron chi connectivity index (χ2n) is 4.60. The molecule has 1 aromatic heterocycles. The van der Waals surface area contributed by atoms with Crippen molar-refractivity contribution in [1.29, 1.82) is 0 Å². The van der Waals surface area contributed by atoms with Gasteiger partial charge >= 0.3 is 6.09 Å². The zero-order valence-corrected chi connectivity index (χ0v) is 12.2. The number of halogens is 1. The number of anilines is 1. The third-order valence-electron chi connectivity index (χ3n) is 3.38. The Labute approximate surface area is 124 Å². The molecule has 2 heterocycles. The number of aromatic nitrogens is 2. The van der Waals surface area contributed by atoms with E-state index in [0.29, 0.717) is 32.1 Å². The zero-order chi connectivity index (χ0) is 14.1. The molecule has 1 aliphatic rings. The van der Waals surface area contributed by atoms with Crippen LogP contribution in [0.3, 0.4) is 0 Å². The van der Waals surface area contributed by atoms with Gasteiger partial charge in [-0.2, -0.15) is 0 Å². The van der Waals surface area contributed by atoms with E-state index in [1.54, 1.807) is 6.20 Å². The van der Waals surface area contributed by atoms with E-state index in [1.807, 2.05) is 23.1 Å². The minimum absolute atomic E-state index is 0.479. The molecule has 0 spiro atoms. The van der Waals surface area contributed by atoms with Gasteiger partial charge in [0.15, 0.2) is 0 Å². The predicted molar refractivity (Wildman–Crippen MR) is 79.0 cm³/mol. The van der Waals surface area contributed by atoms with Crippen LogP contribution in [-0.4, -0.2) is 52.2 Å². The van der Waals surface area contributed by atoms with Crippen molar-refractivity contribution in [2.45, 2.75) is 0 Å². The van der Waals surface area contributed by atoms with Gasteiger partial charge in [-0.3, -0.25) is 0 Å². The van der Waals surface area contributed by atoms with Gasteiger partial charge in [-0.05, 0) is 22.0 Å². The predicted octanol–water partition coefficient (Wildman–Crippen LogP) is 2.19. The van der Waals surface area contributed by atoms with E-state index in [2.05, 4.69) is 25.9 Å². The maximum absolute atomic E-state index is 10.9. The molecule has 1 saturated heterocycles. The molecule has 0 bridgehead atoms. The lowest BCUT2D eigenvalue weighted by Crippen LogP contribution is -2.48. The summed E-state index contributed by atoms with van der Waals surface area (Å²) in [6.07, 6.45) is 0.929. The van der Waals surface area contributed by atoms with Crippen LogP contribution in [0.2, 0.25) is 0 Å². The molecule has 7 heteroatoms. The number of benzene rings is 1. The fourth-order valence-corrected chi connectivity index (χ4v) is 2.73. The molecule has 3 rings (SSSR count). The molecule has 0 unspecified atom stereocenters. The van der Waals surface area contributed by atoms with E-state index in [9.17, 15) is 4.79 Å². The first-order chi connectivity index (χ1) is 9.65. The Morgan fingerprint density at radius 2 is 2.00 bits per heavy atom. The highest BCUT2D eigenvalue weighted by Crippen LogP contribution is 2.23. The molecular weight excluding hydrogens is 324 g/mol. The van der Waals surface area contributed by atoms with Gasteiger partial charge in [-0.15, -0.1) is 0 Å². The molecule has 0 saturated carbocycles. The highest BCUT2D eigenvalue weighted by molar-refractivity contribution is 9.10. The summed E-state index contributed by atoms with van der Waals surface area (Å²) in [4.78, 5) is 23.2. The van der Waals surface area contributed by atoms with Gasteiger partial charge in [0.25, 0.3) is 0 Å². The summed E-state index contributed by atoms with van der Waals surface area (Å²) in [6, 6.07) is 5.86. The minimum atomic E-state index is -0.869. The average Bonchev–Trinajstić information content (AvgIpc) is 2.47. The van der Waals surface area contributed by atoms with Crippen molar-refractivity contribution < 1.29 is 9.90 Å². The lowest BCUT2D eigenvalue weighted by Gasteiger charge is -2.33. The van der Waals surface area contributed by atoms with Crippen LogP contribution in [0.15, 0.2) is 28.9 Å². The molecule has 1 aliphatic heterocycles. The Hall–Kier alpha value is -1.89. The van der Waals surface area contributed by atoms with Crippen LogP contribution in [0, 0.1) is 0 Å². The smallest absolute Gasteiger partial charge is 0.407 e. The number of hydrogen-bond acceptors (Lipinski definition) is 4. The summed E-state index contributed by atoms with van der Waals surface area (Å²) in [5, 5.41) is 9.92. The number of hydrogen-bond donors (Lipinski definition) is 1. The van der Waals surface area contributed by atoms with Crippen LogP contribution in [0.5, 0.6) is 0 Å². The summed E-state index contributed by atoms with van der Waals surface area (Å²) in [7, 11) is 0. The van der Waals surface area contributed by atoms with Crippen LogP contribution >= 0.6 is 15.9 Å². The van der Waals surface area contributed by atoms with Crippen LogP contribution in [0.4, 0.5) is 10.7 Å². The third kappa shape index (κ3) is 2.40. The first-order valence-electron chi connectivity index (χ1n) is 6.29. The molecule has 1 amide bonds. The monoisotopic (exact) mass is 336 g/mol. The zero-order valence-electron chi connectivity index (χ0n) is 10.7. The Bertz CT molecular complexity index is 656. The van der Waals surface area contributed by atoms with Crippen LogP contribution in [0.25, 0.3) is 10.9 Å². The molecule has 0 atom stereocenters. The summed E-state index contributed by atoms with van der Waals surface area (Å²) in [5.74, 6) is 0.648. The Morgan fingerprint density at radius 1 is 1.25 bits per heavy atom. The molecule has 1 aromatic carbocycles. The normalized spacial score (nSPS) is 15.7. The minimum Gasteiger partial charge on any atom is -0.465 e. The van der Waals surface area contributed by atoms with Crippen molar-refractivity contribution in [2.24, 2.45) is 0 Å². The summed E-state index contributed by atoms with van der Waals surface area (Å²) >= 11 is 3.49. The molecule has 1 N–H and O–H groups in total. The number of fused-ring (bicyclic) bond motifs is 1. The number of carboxylic acid groups (broad SMARTS) is 1. The number of carbonyl (C=O) groups is 1. The number of nitrogens with zero attached hydrogens (tertiary/aromatic N) is 4. The highest BCUT2D eigenvalue weighted by Gasteiger charge is 2.22. The standard InChI is InChI=1S/C13H13BrN4O2/c14-10-3-1-2-9-8-15-12(16-11(9)10)17-4-6-18(7-5-17)13(19)20/h1-3,8H,4-7H2,(H,19,20). The quantitative estimate of drug-likeness (QED) is 0.864. The summed E-state index contributed by atoms with van der Waals surface area (Å²) < 4.78 is 0.933. The average molecular weight is 337 g/mol. The molecule has 1 fully saturated rings. The van der Waals surface area contributed by atoms with Crippen LogP contribution in [-0.2, 0) is 0 Å². The Kier molecular flexibility index (Phi) is 3.43. The lowest BCUT2D eigenvalue weighted by atomic mass is 10.2. The second-order valence-corrected chi connectivity index (χ2v) is 5.46. The highest BCUT2D eigenvalue weighted by atomic mass is 79.9. The lowest BCUT2D eigenvalue weighted by molar-refractivity contribution is 0.142. The first-order valence-corrected chi connectivity index (χ1v) is 7.08. The van der Waals surface area contributed by atoms with Gasteiger partial charge in [0, 0.05) is 42.2 Å². The van der Waals surface area contributed by atoms with Crippen molar-refractivity contribution in [1.82, 2.24) is 14.9 Å². The number of piperazine rings is 1. The maximum atomic E-state index is 10.9. The van der Waals surface area contributed by atoms with Crippen LogP contribution in [0.1, 0.15) is 0 Å². The molecule has 2 aromatic rings. The van der Waals surface area contributed by atoms with E-state index < -0.39 is 6.09 Å². The molecule has 6 nitrogen and oxygen atoms in total. The van der Waals surface area contributed by atoms with Crippen LogP contribution < -0.4 is 4.90 Å². The first kappa shape index (κ1) is 13.1.